The smallest absolute Gasteiger partial charge is 0.142 e. The molecular weight excluding hydrogens is 186 g/mol. The quantitative estimate of drug-likeness (QED) is 0.700. The van der Waals surface area contributed by atoms with Gasteiger partial charge in [-0.2, -0.15) is 5.26 Å². The van der Waals surface area contributed by atoms with Gasteiger partial charge in [-0.05, 0) is 38.3 Å². The number of pyridine rings is 1. The van der Waals surface area contributed by atoms with Crippen LogP contribution in [0, 0.1) is 11.3 Å². The van der Waals surface area contributed by atoms with Gasteiger partial charge in [-0.25, -0.2) is 4.98 Å². The zero-order valence-corrected chi connectivity index (χ0v) is 8.98. The number of aromatic nitrogens is 1. The number of rotatable bonds is 1. The Morgan fingerprint density at radius 3 is 3.13 bits per heavy atom. The third-order valence-corrected chi connectivity index (χ3v) is 2.99. The lowest BCUT2D eigenvalue weighted by molar-refractivity contribution is 0.484. The summed E-state index contributed by atoms with van der Waals surface area (Å²) >= 11 is 0. The van der Waals surface area contributed by atoms with Crippen molar-refractivity contribution in [3.63, 3.8) is 0 Å². The lowest BCUT2D eigenvalue weighted by atomic mass is 10.0. The normalized spacial score (nSPS) is 21.1. The van der Waals surface area contributed by atoms with Gasteiger partial charge in [0.1, 0.15) is 11.8 Å². The number of hydrogen-bond donors (Lipinski definition) is 0. The summed E-state index contributed by atoms with van der Waals surface area (Å²) in [5.74, 6) is 0. The van der Waals surface area contributed by atoms with Gasteiger partial charge in [-0.3, -0.25) is 0 Å². The molecule has 1 aromatic rings. The summed E-state index contributed by atoms with van der Waals surface area (Å²) in [7, 11) is 0. The summed E-state index contributed by atoms with van der Waals surface area (Å²) in [6.07, 6.45) is 5.52. The molecule has 3 heteroatoms. The third-order valence-electron chi connectivity index (χ3n) is 2.99. The van der Waals surface area contributed by atoms with Crippen molar-refractivity contribution in [3.8, 4) is 6.07 Å². The molecule has 1 aliphatic heterocycles. The Morgan fingerprint density at radius 2 is 2.40 bits per heavy atom. The van der Waals surface area contributed by atoms with E-state index in [-0.39, 0.29) is 0 Å². The van der Waals surface area contributed by atoms with Gasteiger partial charge in [0, 0.05) is 24.5 Å². The van der Waals surface area contributed by atoms with Crippen molar-refractivity contribution >= 4 is 5.69 Å². The van der Waals surface area contributed by atoms with Gasteiger partial charge in [0.15, 0.2) is 0 Å². The molecule has 0 bridgehead atoms. The molecule has 1 unspecified atom stereocenters. The molecule has 0 saturated carbocycles. The van der Waals surface area contributed by atoms with Gasteiger partial charge in [0.2, 0.25) is 0 Å². The molecule has 0 aromatic carbocycles. The molecule has 2 rings (SSSR count). The van der Waals surface area contributed by atoms with E-state index in [9.17, 15) is 0 Å². The fraction of sp³-hybridized carbons (Fsp3) is 0.500. The number of nitrogens with zero attached hydrogens (tertiary/aromatic N) is 3. The molecule has 2 heterocycles. The van der Waals surface area contributed by atoms with E-state index < -0.39 is 0 Å². The average Bonchev–Trinajstić information content (AvgIpc) is 2.30. The first-order valence-electron chi connectivity index (χ1n) is 5.44. The first kappa shape index (κ1) is 9.97. The lowest BCUT2D eigenvalue weighted by Gasteiger charge is -2.35. The largest absolute Gasteiger partial charge is 0.369 e. The third kappa shape index (κ3) is 2.10. The molecule has 0 N–H and O–H groups in total. The predicted octanol–water partition coefficient (Wildman–Crippen LogP) is 2.33. The molecule has 78 valence electrons. The fourth-order valence-corrected chi connectivity index (χ4v) is 2.14. The molecule has 0 radical (unpaired) electrons. The maximum atomic E-state index is 8.80. The molecule has 1 atom stereocenters. The molecule has 1 fully saturated rings. The Bertz CT molecular complexity index is 381. The maximum Gasteiger partial charge on any atom is 0.142 e. The summed E-state index contributed by atoms with van der Waals surface area (Å²) in [5, 5.41) is 8.80. The van der Waals surface area contributed by atoms with E-state index in [2.05, 4.69) is 22.9 Å². The molecule has 1 aliphatic rings. The molecule has 0 aliphatic carbocycles. The molecule has 1 aromatic heterocycles. The zero-order chi connectivity index (χ0) is 10.7. The summed E-state index contributed by atoms with van der Waals surface area (Å²) in [4.78, 5) is 6.36. The minimum Gasteiger partial charge on any atom is -0.369 e. The Kier molecular flexibility index (Phi) is 2.86. The van der Waals surface area contributed by atoms with Gasteiger partial charge < -0.3 is 4.90 Å². The van der Waals surface area contributed by atoms with E-state index in [1.807, 2.05) is 12.1 Å². The van der Waals surface area contributed by atoms with Crippen molar-refractivity contribution in [1.29, 1.82) is 5.26 Å². The molecule has 15 heavy (non-hydrogen) atoms. The van der Waals surface area contributed by atoms with E-state index in [1.54, 1.807) is 6.20 Å². The first-order chi connectivity index (χ1) is 7.31. The van der Waals surface area contributed by atoms with Gasteiger partial charge in [0.25, 0.3) is 0 Å². The van der Waals surface area contributed by atoms with Crippen LogP contribution in [0.1, 0.15) is 31.9 Å². The van der Waals surface area contributed by atoms with Crippen LogP contribution < -0.4 is 4.90 Å². The molecule has 3 nitrogen and oxygen atoms in total. The van der Waals surface area contributed by atoms with Crippen molar-refractivity contribution < 1.29 is 0 Å². The lowest BCUT2D eigenvalue weighted by Crippen LogP contribution is -2.37. The Balaban J connectivity index is 2.24. The Labute approximate surface area is 90.4 Å². The van der Waals surface area contributed by atoms with Crippen LogP contribution in [-0.4, -0.2) is 17.6 Å². The second kappa shape index (κ2) is 4.31. The Morgan fingerprint density at radius 1 is 1.53 bits per heavy atom. The van der Waals surface area contributed by atoms with Crippen LogP contribution in [0.2, 0.25) is 0 Å². The van der Waals surface area contributed by atoms with E-state index in [0.29, 0.717) is 11.7 Å². The monoisotopic (exact) mass is 201 g/mol. The van der Waals surface area contributed by atoms with Crippen LogP contribution in [0.4, 0.5) is 5.69 Å². The number of hydrogen-bond acceptors (Lipinski definition) is 3. The zero-order valence-electron chi connectivity index (χ0n) is 8.98. The highest BCUT2D eigenvalue weighted by Crippen LogP contribution is 2.24. The van der Waals surface area contributed by atoms with Crippen LogP contribution in [0.3, 0.4) is 0 Å². The highest BCUT2D eigenvalue weighted by Gasteiger charge is 2.18. The highest BCUT2D eigenvalue weighted by atomic mass is 15.2. The summed E-state index contributed by atoms with van der Waals surface area (Å²) in [5.41, 5.74) is 1.64. The van der Waals surface area contributed by atoms with Crippen molar-refractivity contribution in [1.82, 2.24) is 4.98 Å². The van der Waals surface area contributed by atoms with Crippen LogP contribution in [-0.2, 0) is 0 Å². The van der Waals surface area contributed by atoms with E-state index >= 15 is 0 Å². The van der Waals surface area contributed by atoms with Crippen LogP contribution in [0.15, 0.2) is 18.3 Å². The second-order valence-corrected chi connectivity index (χ2v) is 4.05. The standard InChI is InChI=1S/C12H15N3/c1-10-4-2-3-7-15(10)12-5-6-14-11(8-12)9-13/h5-6,8,10H,2-4,7H2,1H3. The van der Waals surface area contributed by atoms with Crippen LogP contribution in [0.5, 0.6) is 0 Å². The molecule has 0 amide bonds. The van der Waals surface area contributed by atoms with E-state index in [1.165, 1.54) is 19.3 Å². The molecule has 0 spiro atoms. The summed E-state index contributed by atoms with van der Waals surface area (Å²) in [6.45, 7) is 3.34. The van der Waals surface area contributed by atoms with Crippen LogP contribution >= 0.6 is 0 Å². The topological polar surface area (TPSA) is 39.9 Å². The molecular formula is C12H15N3. The highest BCUT2D eigenvalue weighted by molar-refractivity contribution is 5.49. The van der Waals surface area contributed by atoms with Gasteiger partial charge in [-0.15, -0.1) is 0 Å². The number of piperidine rings is 1. The van der Waals surface area contributed by atoms with Crippen molar-refractivity contribution in [2.24, 2.45) is 0 Å². The van der Waals surface area contributed by atoms with Crippen LogP contribution in [0.25, 0.3) is 0 Å². The number of anilines is 1. The SMILES string of the molecule is CC1CCCCN1c1ccnc(C#N)c1. The van der Waals surface area contributed by atoms with Gasteiger partial charge in [0.05, 0.1) is 0 Å². The minimum atomic E-state index is 0.505. The first-order valence-corrected chi connectivity index (χ1v) is 5.44. The Hall–Kier alpha value is -1.56. The van der Waals surface area contributed by atoms with Crippen molar-refractivity contribution in [2.75, 3.05) is 11.4 Å². The van der Waals surface area contributed by atoms with Crippen molar-refractivity contribution in [2.45, 2.75) is 32.2 Å². The summed E-state index contributed by atoms with van der Waals surface area (Å²) < 4.78 is 0. The van der Waals surface area contributed by atoms with Gasteiger partial charge in [-0.1, -0.05) is 0 Å². The predicted molar refractivity (Wildman–Crippen MR) is 59.6 cm³/mol. The van der Waals surface area contributed by atoms with E-state index in [0.717, 1.165) is 12.2 Å². The maximum absolute atomic E-state index is 8.80. The second-order valence-electron chi connectivity index (χ2n) is 4.05. The minimum absolute atomic E-state index is 0.505. The average molecular weight is 201 g/mol. The molecule has 1 saturated heterocycles. The fourth-order valence-electron chi connectivity index (χ4n) is 2.14. The van der Waals surface area contributed by atoms with E-state index in [4.69, 9.17) is 5.26 Å². The summed E-state index contributed by atoms with van der Waals surface area (Å²) in [6, 6.07) is 6.53. The number of nitriles is 1. The van der Waals surface area contributed by atoms with Gasteiger partial charge >= 0.3 is 0 Å². The van der Waals surface area contributed by atoms with Crippen molar-refractivity contribution in [3.05, 3.63) is 24.0 Å².